The number of rotatable bonds is 12. The maximum atomic E-state index is 6.70. The van der Waals surface area contributed by atoms with Gasteiger partial charge in [-0.2, -0.15) is 0 Å². The maximum absolute atomic E-state index is 6.70. The largest absolute Gasteiger partial charge is 0.457 e. The third-order valence-corrected chi connectivity index (χ3v) is 15.5. The van der Waals surface area contributed by atoms with Gasteiger partial charge < -0.3 is 37.9 Å². The fourth-order valence-electron chi connectivity index (χ4n) is 11.9. The molecular weight excluding hydrogens is 897 g/mol. The van der Waals surface area contributed by atoms with Crippen LogP contribution in [0.15, 0.2) is 170 Å². The summed E-state index contributed by atoms with van der Waals surface area (Å²) in [6.07, 6.45) is 6.59. The van der Waals surface area contributed by atoms with E-state index in [-0.39, 0.29) is 50.8 Å². The molecule has 8 nitrogen and oxygen atoms in total. The first-order chi connectivity index (χ1) is 35.7. The summed E-state index contributed by atoms with van der Waals surface area (Å²) < 4.78 is 53.6. The van der Waals surface area contributed by atoms with Crippen molar-refractivity contribution in [3.05, 3.63) is 237 Å². The van der Waals surface area contributed by atoms with Gasteiger partial charge in [0.25, 0.3) is 0 Å². The minimum atomic E-state index is -0.128. The third-order valence-electron chi connectivity index (χ3n) is 15.5. The summed E-state index contributed by atoms with van der Waals surface area (Å²) in [6.45, 7) is 0.0522. The summed E-state index contributed by atoms with van der Waals surface area (Å²) in [5, 5.41) is 0. The van der Waals surface area contributed by atoms with Crippen molar-refractivity contribution in [1.82, 2.24) is 0 Å². The monoisotopic (exact) mass is 952 g/mol. The lowest BCUT2D eigenvalue weighted by molar-refractivity contribution is 0.0985. The molecule has 1 aliphatic carbocycles. The van der Waals surface area contributed by atoms with E-state index in [0.717, 1.165) is 142 Å². The molecule has 0 saturated carbocycles. The van der Waals surface area contributed by atoms with Crippen molar-refractivity contribution in [3.8, 4) is 46.0 Å². The smallest absolute Gasteiger partial charge is 0.230 e. The molecule has 4 heterocycles. The van der Waals surface area contributed by atoms with Gasteiger partial charge in [0.1, 0.15) is 46.0 Å². The molecule has 4 aliphatic heterocycles. The van der Waals surface area contributed by atoms with Gasteiger partial charge in [0.15, 0.2) is 0 Å². The SMILES string of the molecule is c1ccc(CCC2c3cc4c5cc3OCOc3cc6c(cc32)C(CCc2ccccc2)c2cc3c(cc2OCO6)OCOc2cc(c(cc2C3CCc2ccccc2)C4CCc2ccccc2)OCO5)cc1. The number of ether oxygens (including phenoxy) is 8. The van der Waals surface area contributed by atoms with Crippen molar-refractivity contribution in [3.63, 3.8) is 0 Å². The Morgan fingerprint density at radius 2 is 0.417 bits per heavy atom. The van der Waals surface area contributed by atoms with Crippen molar-refractivity contribution in [1.29, 1.82) is 0 Å². The standard InChI is InChI=1S/C64H56O8/c1-5-13-41(14-6-1)21-25-45-49-29-51-46(26-22-42-15-7-2-8-16-42)53-31-55-48(28-24-44-19-11-4-12-20-44)56-32-54-47(27-23-43-17-9-3-10-18-43)52-30-50(45)58-34-60(52)68-39-70-62(54)36-64(56)72-40-71-63(55)35-61(53)69-38-67-59(51)33-57(49)65-37-66-58/h1-20,29-36,45-48H,21-28,37-40H2. The van der Waals surface area contributed by atoms with Gasteiger partial charge in [-0.25, -0.2) is 0 Å². The Hall–Kier alpha value is -7.84. The topological polar surface area (TPSA) is 73.8 Å². The summed E-state index contributed by atoms with van der Waals surface area (Å²) in [5.41, 5.74) is 13.9. The number of hydrogen-bond acceptors (Lipinski definition) is 8. The highest BCUT2D eigenvalue weighted by atomic mass is 16.7. The van der Waals surface area contributed by atoms with Crippen LogP contribution in [0.2, 0.25) is 0 Å². The Balaban J connectivity index is 1.09. The molecule has 72 heavy (non-hydrogen) atoms. The van der Waals surface area contributed by atoms with Crippen LogP contribution < -0.4 is 37.9 Å². The Morgan fingerprint density at radius 1 is 0.236 bits per heavy atom. The molecule has 360 valence electrons. The molecule has 8 aromatic rings. The number of hydrogen-bond donors (Lipinski definition) is 0. The molecule has 0 aromatic heterocycles. The minimum absolute atomic E-state index is 0.0131. The van der Waals surface area contributed by atoms with Crippen molar-refractivity contribution in [2.45, 2.75) is 75.0 Å². The highest BCUT2D eigenvalue weighted by Gasteiger charge is 2.37. The third kappa shape index (κ3) is 8.63. The van der Waals surface area contributed by atoms with Crippen LogP contribution in [0.5, 0.6) is 46.0 Å². The fourth-order valence-corrected chi connectivity index (χ4v) is 11.9. The number of benzene rings is 8. The maximum Gasteiger partial charge on any atom is 0.230 e. The van der Waals surface area contributed by atoms with E-state index in [0.29, 0.717) is 0 Å². The zero-order valence-corrected chi connectivity index (χ0v) is 40.2. The first-order valence-electron chi connectivity index (χ1n) is 25.6. The van der Waals surface area contributed by atoms with Crippen molar-refractivity contribution in [2.75, 3.05) is 27.2 Å². The molecule has 8 aromatic carbocycles. The Bertz CT molecular complexity index is 2690. The van der Waals surface area contributed by atoms with Gasteiger partial charge in [-0.05, 0) is 97.9 Å². The van der Waals surface area contributed by atoms with E-state index in [2.05, 4.69) is 170 Å². The summed E-state index contributed by atoms with van der Waals surface area (Å²) >= 11 is 0. The predicted octanol–water partition coefficient (Wildman–Crippen LogP) is 14.0. The molecule has 0 N–H and O–H groups in total. The van der Waals surface area contributed by atoms with Crippen molar-refractivity contribution < 1.29 is 37.9 Å². The lowest BCUT2D eigenvalue weighted by Crippen LogP contribution is -2.22. The second-order valence-corrected chi connectivity index (χ2v) is 19.6. The normalized spacial score (nSPS) is 18.6. The lowest BCUT2D eigenvalue weighted by Gasteiger charge is -2.35. The van der Waals surface area contributed by atoms with Crippen molar-refractivity contribution in [2.24, 2.45) is 0 Å². The van der Waals surface area contributed by atoms with E-state index < -0.39 is 0 Å². The highest BCUT2D eigenvalue weighted by Crippen LogP contribution is 2.55. The highest BCUT2D eigenvalue weighted by molar-refractivity contribution is 5.64. The van der Waals surface area contributed by atoms with E-state index >= 15 is 0 Å². The summed E-state index contributed by atoms with van der Waals surface area (Å²) in [4.78, 5) is 0. The molecule has 5 aliphatic rings. The molecule has 0 spiro atoms. The molecule has 0 unspecified atom stereocenters. The predicted molar refractivity (Wildman–Crippen MR) is 277 cm³/mol. The van der Waals surface area contributed by atoms with Crippen LogP contribution in [-0.4, -0.2) is 27.2 Å². The average Bonchev–Trinajstić information content (AvgIpc) is 3.40. The van der Waals surface area contributed by atoms with E-state index in [1.54, 1.807) is 0 Å². The average molecular weight is 953 g/mol. The summed E-state index contributed by atoms with van der Waals surface area (Å²) in [5.74, 6) is 5.44. The fraction of sp³-hybridized carbons (Fsp3) is 0.250. The molecule has 8 heteroatoms. The van der Waals surface area contributed by atoms with E-state index in [9.17, 15) is 0 Å². The van der Waals surface area contributed by atoms with Crippen LogP contribution >= 0.6 is 0 Å². The van der Waals surface area contributed by atoms with Gasteiger partial charge >= 0.3 is 0 Å². The minimum Gasteiger partial charge on any atom is -0.457 e. The second-order valence-electron chi connectivity index (χ2n) is 19.6. The molecule has 0 saturated heterocycles. The first-order valence-corrected chi connectivity index (χ1v) is 25.6. The first kappa shape index (κ1) is 44.1. The van der Waals surface area contributed by atoms with E-state index in [4.69, 9.17) is 37.9 Å². The van der Waals surface area contributed by atoms with E-state index in [1.165, 1.54) is 22.3 Å². The zero-order valence-electron chi connectivity index (χ0n) is 40.2. The van der Waals surface area contributed by atoms with Crippen LogP contribution in [-0.2, 0) is 25.7 Å². The Morgan fingerprint density at radius 3 is 0.597 bits per heavy atom. The van der Waals surface area contributed by atoms with Crippen LogP contribution in [0.3, 0.4) is 0 Å². The molecule has 0 fully saturated rings. The Kier molecular flexibility index (Phi) is 11.9. The van der Waals surface area contributed by atoms with Crippen LogP contribution in [0.25, 0.3) is 0 Å². The summed E-state index contributed by atoms with van der Waals surface area (Å²) in [7, 11) is 0. The van der Waals surface area contributed by atoms with Gasteiger partial charge in [0.2, 0.25) is 27.2 Å². The summed E-state index contributed by atoms with van der Waals surface area (Å²) in [6, 6.07) is 61.1. The lowest BCUT2D eigenvalue weighted by atomic mass is 9.76. The molecule has 0 amide bonds. The molecule has 8 bridgehead atoms. The van der Waals surface area contributed by atoms with E-state index in [1.807, 2.05) is 0 Å². The number of aryl methyl sites for hydroxylation is 4. The Labute approximate surface area is 421 Å². The van der Waals surface area contributed by atoms with Gasteiger partial charge in [-0.1, -0.05) is 121 Å². The van der Waals surface area contributed by atoms with Crippen LogP contribution in [0.4, 0.5) is 0 Å². The molecule has 13 rings (SSSR count). The quantitative estimate of drug-likeness (QED) is 0.120. The molecule has 0 atom stereocenters. The van der Waals surface area contributed by atoms with Crippen LogP contribution in [0.1, 0.15) is 116 Å². The van der Waals surface area contributed by atoms with Crippen LogP contribution in [0, 0.1) is 0 Å². The zero-order chi connectivity index (χ0) is 47.8. The van der Waals surface area contributed by atoms with Gasteiger partial charge in [-0.3, -0.25) is 0 Å². The van der Waals surface area contributed by atoms with Gasteiger partial charge in [0, 0.05) is 92.4 Å². The molecule has 0 radical (unpaired) electrons. The molecular formula is C64H56O8. The second kappa shape index (κ2) is 19.4. The van der Waals surface area contributed by atoms with Crippen molar-refractivity contribution >= 4 is 0 Å². The van der Waals surface area contributed by atoms with Gasteiger partial charge in [0.05, 0.1) is 0 Å². The van der Waals surface area contributed by atoms with Gasteiger partial charge in [-0.15, -0.1) is 0 Å².